The highest BCUT2D eigenvalue weighted by Gasteiger charge is 2.06. The Bertz CT molecular complexity index is 648. The predicted molar refractivity (Wildman–Crippen MR) is 95.8 cm³/mol. The molecule has 2 aromatic rings. The van der Waals surface area contributed by atoms with Crippen LogP contribution in [0, 0.1) is 0 Å². The zero-order chi connectivity index (χ0) is 16.8. The number of benzene rings is 2. The Morgan fingerprint density at radius 1 is 0.957 bits per heavy atom. The minimum Gasteiger partial charge on any atom is -0.378 e. The molecule has 0 radical (unpaired) electrons. The lowest BCUT2D eigenvalue weighted by atomic mass is 10.1. The Balaban J connectivity index is 1.96. The van der Waals surface area contributed by atoms with Gasteiger partial charge in [-0.3, -0.25) is 4.79 Å². The van der Waals surface area contributed by atoms with Gasteiger partial charge in [0, 0.05) is 38.4 Å². The molecule has 4 heteroatoms. The summed E-state index contributed by atoms with van der Waals surface area (Å²) >= 11 is 0. The van der Waals surface area contributed by atoms with Crippen molar-refractivity contribution in [3.05, 3.63) is 65.2 Å². The molecule has 1 N–H and O–H groups in total. The van der Waals surface area contributed by atoms with E-state index in [2.05, 4.69) is 27.2 Å². The number of hydrogen-bond acceptors (Lipinski definition) is 3. The van der Waals surface area contributed by atoms with Gasteiger partial charge in [-0.05, 0) is 49.5 Å². The molecule has 0 fully saturated rings. The molecule has 4 nitrogen and oxygen atoms in total. The lowest BCUT2D eigenvalue weighted by Gasteiger charge is -2.13. The van der Waals surface area contributed by atoms with Gasteiger partial charge in [-0.25, -0.2) is 0 Å². The normalized spacial score (nSPS) is 10.7. The summed E-state index contributed by atoms with van der Waals surface area (Å²) in [6.45, 7) is 1.36. The van der Waals surface area contributed by atoms with Gasteiger partial charge in [0.15, 0.2) is 0 Å². The third-order valence-electron chi connectivity index (χ3n) is 3.59. The van der Waals surface area contributed by atoms with Gasteiger partial charge in [-0.15, -0.1) is 0 Å². The van der Waals surface area contributed by atoms with Crippen molar-refractivity contribution in [1.82, 2.24) is 10.2 Å². The minimum atomic E-state index is -0.0395. The number of nitrogens with one attached hydrogen (secondary N) is 1. The van der Waals surface area contributed by atoms with Crippen molar-refractivity contribution in [3.63, 3.8) is 0 Å². The van der Waals surface area contributed by atoms with Gasteiger partial charge in [0.05, 0.1) is 0 Å². The molecule has 0 heterocycles. The molecule has 0 aliphatic heterocycles. The monoisotopic (exact) mass is 311 g/mol. The van der Waals surface area contributed by atoms with Crippen molar-refractivity contribution >= 4 is 11.6 Å². The van der Waals surface area contributed by atoms with E-state index in [0.29, 0.717) is 12.1 Å². The van der Waals surface area contributed by atoms with Crippen LogP contribution >= 0.6 is 0 Å². The summed E-state index contributed by atoms with van der Waals surface area (Å²) in [4.78, 5) is 16.4. The van der Waals surface area contributed by atoms with Crippen LogP contribution in [0.3, 0.4) is 0 Å². The molecule has 0 saturated heterocycles. The molecule has 0 spiro atoms. The highest BCUT2D eigenvalue weighted by atomic mass is 16.1. The summed E-state index contributed by atoms with van der Waals surface area (Å²) in [5.41, 5.74) is 4.08. The first-order valence-electron chi connectivity index (χ1n) is 7.74. The van der Waals surface area contributed by atoms with Crippen molar-refractivity contribution in [2.24, 2.45) is 0 Å². The second-order valence-electron chi connectivity index (χ2n) is 6.18. The molecule has 0 aromatic heterocycles. The lowest BCUT2D eigenvalue weighted by molar-refractivity contribution is 0.0950. The van der Waals surface area contributed by atoms with Crippen molar-refractivity contribution in [1.29, 1.82) is 0 Å². The number of anilines is 1. The first-order chi connectivity index (χ1) is 11.0. The van der Waals surface area contributed by atoms with Crippen LogP contribution in [0.5, 0.6) is 0 Å². The van der Waals surface area contributed by atoms with E-state index in [0.717, 1.165) is 23.4 Å². The molecule has 0 bridgehead atoms. The van der Waals surface area contributed by atoms with E-state index in [9.17, 15) is 4.79 Å². The molecule has 1 amide bonds. The van der Waals surface area contributed by atoms with Gasteiger partial charge in [0.25, 0.3) is 5.91 Å². The number of carbonyl (C=O) groups is 1. The molecular formula is C19H25N3O. The molecule has 0 unspecified atom stereocenters. The average molecular weight is 311 g/mol. The highest BCUT2D eigenvalue weighted by molar-refractivity contribution is 5.94. The average Bonchev–Trinajstić information content (AvgIpc) is 2.52. The molecule has 0 aliphatic carbocycles. The Labute approximate surface area is 138 Å². The second kappa shape index (κ2) is 7.79. The van der Waals surface area contributed by atoms with Gasteiger partial charge in [0.2, 0.25) is 0 Å². The van der Waals surface area contributed by atoms with E-state index < -0.39 is 0 Å². The van der Waals surface area contributed by atoms with Gasteiger partial charge in [0.1, 0.15) is 0 Å². The van der Waals surface area contributed by atoms with E-state index in [1.54, 1.807) is 0 Å². The van der Waals surface area contributed by atoms with Crippen molar-refractivity contribution in [3.8, 4) is 0 Å². The van der Waals surface area contributed by atoms with Crippen molar-refractivity contribution < 1.29 is 4.79 Å². The molecule has 0 aliphatic rings. The maximum Gasteiger partial charge on any atom is 0.251 e. The summed E-state index contributed by atoms with van der Waals surface area (Å²) in [7, 11) is 8.06. The minimum absolute atomic E-state index is 0.0395. The number of hydrogen-bond donors (Lipinski definition) is 1. The van der Waals surface area contributed by atoms with E-state index >= 15 is 0 Å². The van der Waals surface area contributed by atoms with Gasteiger partial charge in [-0.2, -0.15) is 0 Å². The maximum absolute atomic E-state index is 12.3. The zero-order valence-electron chi connectivity index (χ0n) is 14.3. The van der Waals surface area contributed by atoms with E-state index in [1.807, 2.05) is 64.6 Å². The molecule has 2 rings (SSSR count). The van der Waals surface area contributed by atoms with Crippen LogP contribution < -0.4 is 10.2 Å². The Morgan fingerprint density at radius 3 is 2.26 bits per heavy atom. The van der Waals surface area contributed by atoms with Gasteiger partial charge < -0.3 is 15.1 Å². The van der Waals surface area contributed by atoms with Crippen LogP contribution in [0.2, 0.25) is 0 Å². The van der Waals surface area contributed by atoms with E-state index in [-0.39, 0.29) is 5.91 Å². The Hall–Kier alpha value is -2.33. The molecular weight excluding hydrogens is 286 g/mol. The molecule has 23 heavy (non-hydrogen) atoms. The Morgan fingerprint density at radius 2 is 1.65 bits per heavy atom. The fourth-order valence-corrected chi connectivity index (χ4v) is 2.37. The van der Waals surface area contributed by atoms with Crippen LogP contribution in [0.4, 0.5) is 5.69 Å². The van der Waals surface area contributed by atoms with Crippen molar-refractivity contribution in [2.75, 3.05) is 33.1 Å². The number of carbonyl (C=O) groups excluding carboxylic acids is 1. The quantitative estimate of drug-likeness (QED) is 0.891. The van der Waals surface area contributed by atoms with Crippen LogP contribution in [0.15, 0.2) is 48.5 Å². The zero-order valence-corrected chi connectivity index (χ0v) is 14.3. The first kappa shape index (κ1) is 17.0. The smallest absolute Gasteiger partial charge is 0.251 e. The summed E-state index contributed by atoms with van der Waals surface area (Å²) in [5, 5.41) is 2.98. The topological polar surface area (TPSA) is 35.6 Å². The number of nitrogens with zero attached hydrogens (tertiary/aromatic N) is 2. The standard InChI is InChI=1S/C19H25N3O/c1-21(2)14-16-6-5-7-17(12-16)19(23)20-13-15-8-10-18(11-9-15)22(3)4/h5-12H,13-14H2,1-4H3,(H,20,23). The van der Waals surface area contributed by atoms with Crippen LogP contribution in [-0.2, 0) is 13.1 Å². The van der Waals surface area contributed by atoms with Crippen LogP contribution in [0.1, 0.15) is 21.5 Å². The third kappa shape index (κ3) is 5.11. The Kier molecular flexibility index (Phi) is 5.77. The first-order valence-corrected chi connectivity index (χ1v) is 7.74. The fraction of sp³-hybridized carbons (Fsp3) is 0.316. The fourth-order valence-electron chi connectivity index (χ4n) is 2.37. The molecule has 122 valence electrons. The predicted octanol–water partition coefficient (Wildman–Crippen LogP) is 2.74. The number of rotatable bonds is 6. The molecule has 2 aromatic carbocycles. The summed E-state index contributed by atoms with van der Waals surface area (Å²) in [5.74, 6) is -0.0395. The van der Waals surface area contributed by atoms with E-state index in [1.165, 1.54) is 0 Å². The van der Waals surface area contributed by atoms with Crippen molar-refractivity contribution in [2.45, 2.75) is 13.1 Å². The summed E-state index contributed by atoms with van der Waals surface area (Å²) in [6, 6.07) is 16.0. The van der Waals surface area contributed by atoms with Gasteiger partial charge in [-0.1, -0.05) is 24.3 Å². The highest BCUT2D eigenvalue weighted by Crippen LogP contribution is 2.12. The molecule has 0 saturated carbocycles. The largest absolute Gasteiger partial charge is 0.378 e. The van der Waals surface area contributed by atoms with E-state index in [4.69, 9.17) is 0 Å². The third-order valence-corrected chi connectivity index (χ3v) is 3.59. The lowest BCUT2D eigenvalue weighted by Crippen LogP contribution is -2.23. The van der Waals surface area contributed by atoms with Gasteiger partial charge >= 0.3 is 0 Å². The maximum atomic E-state index is 12.3. The SMILES string of the molecule is CN(C)Cc1cccc(C(=O)NCc2ccc(N(C)C)cc2)c1. The second-order valence-corrected chi connectivity index (χ2v) is 6.18. The number of amides is 1. The van der Waals surface area contributed by atoms with Crippen LogP contribution in [0.25, 0.3) is 0 Å². The molecule has 0 atom stereocenters. The summed E-state index contributed by atoms with van der Waals surface area (Å²) < 4.78 is 0. The summed E-state index contributed by atoms with van der Waals surface area (Å²) in [6.07, 6.45) is 0. The van der Waals surface area contributed by atoms with Crippen LogP contribution in [-0.4, -0.2) is 39.0 Å².